The van der Waals surface area contributed by atoms with Crippen molar-refractivity contribution in [3.05, 3.63) is 23.4 Å². The van der Waals surface area contributed by atoms with Gasteiger partial charge in [0, 0.05) is 17.7 Å². The highest BCUT2D eigenvalue weighted by molar-refractivity contribution is 5.53. The third-order valence-electron chi connectivity index (χ3n) is 3.68. The summed E-state index contributed by atoms with van der Waals surface area (Å²) in [7, 11) is 1.64. The fourth-order valence-corrected chi connectivity index (χ4v) is 2.61. The SMILES string of the molecule is COc1ncc(C2CCC(C=O)CC2)cc1C. The molecular weight excluding hydrogens is 214 g/mol. The monoisotopic (exact) mass is 233 g/mol. The maximum atomic E-state index is 10.7. The molecule has 0 aliphatic heterocycles. The molecule has 1 aromatic heterocycles. The molecule has 0 N–H and O–H groups in total. The molecule has 1 aliphatic rings. The number of ether oxygens (including phenoxy) is 1. The number of methoxy groups -OCH3 is 1. The van der Waals surface area contributed by atoms with Gasteiger partial charge in [-0.1, -0.05) is 0 Å². The van der Waals surface area contributed by atoms with Gasteiger partial charge >= 0.3 is 0 Å². The van der Waals surface area contributed by atoms with Crippen LogP contribution in [0.15, 0.2) is 12.3 Å². The van der Waals surface area contributed by atoms with Crippen LogP contribution in [0.2, 0.25) is 0 Å². The second-order valence-corrected chi connectivity index (χ2v) is 4.84. The number of pyridine rings is 1. The van der Waals surface area contributed by atoms with Crippen LogP contribution in [0.4, 0.5) is 0 Å². The van der Waals surface area contributed by atoms with Crippen LogP contribution in [0.5, 0.6) is 5.88 Å². The Labute approximate surface area is 102 Å². The van der Waals surface area contributed by atoms with E-state index >= 15 is 0 Å². The molecule has 0 spiro atoms. The molecule has 1 heterocycles. The van der Waals surface area contributed by atoms with Crippen molar-refractivity contribution in [3.63, 3.8) is 0 Å². The first-order chi connectivity index (χ1) is 8.24. The highest BCUT2D eigenvalue weighted by Crippen LogP contribution is 2.35. The number of aldehydes is 1. The Balaban J connectivity index is 2.08. The van der Waals surface area contributed by atoms with Crippen LogP contribution < -0.4 is 4.74 Å². The maximum Gasteiger partial charge on any atom is 0.215 e. The number of rotatable bonds is 3. The van der Waals surface area contributed by atoms with Gasteiger partial charge in [-0.25, -0.2) is 4.98 Å². The van der Waals surface area contributed by atoms with E-state index in [0.717, 1.165) is 37.5 Å². The van der Waals surface area contributed by atoms with Crippen LogP contribution in [0.1, 0.15) is 42.7 Å². The van der Waals surface area contributed by atoms with Gasteiger partial charge in [0.15, 0.2) is 0 Å². The summed E-state index contributed by atoms with van der Waals surface area (Å²) in [5.74, 6) is 1.54. The van der Waals surface area contributed by atoms with Gasteiger partial charge in [0.25, 0.3) is 0 Å². The van der Waals surface area contributed by atoms with Crippen LogP contribution in [-0.4, -0.2) is 18.4 Å². The second kappa shape index (κ2) is 5.30. The van der Waals surface area contributed by atoms with E-state index in [1.54, 1.807) is 7.11 Å². The standard InChI is InChI=1S/C14H19NO2/c1-10-7-13(8-15-14(10)17-2)12-5-3-11(9-16)4-6-12/h7-9,11-12H,3-6H2,1-2H3. The lowest BCUT2D eigenvalue weighted by Crippen LogP contribution is -2.14. The highest BCUT2D eigenvalue weighted by Gasteiger charge is 2.22. The van der Waals surface area contributed by atoms with Gasteiger partial charge in [0.2, 0.25) is 5.88 Å². The van der Waals surface area contributed by atoms with Gasteiger partial charge in [0.1, 0.15) is 6.29 Å². The summed E-state index contributed by atoms with van der Waals surface area (Å²) in [5, 5.41) is 0. The summed E-state index contributed by atoms with van der Waals surface area (Å²) in [6.45, 7) is 2.02. The molecule has 0 amide bonds. The first-order valence-corrected chi connectivity index (χ1v) is 6.20. The van der Waals surface area contributed by atoms with Crippen molar-refractivity contribution in [2.75, 3.05) is 7.11 Å². The minimum Gasteiger partial charge on any atom is -0.481 e. The molecule has 0 bridgehead atoms. The van der Waals surface area contributed by atoms with Crippen LogP contribution >= 0.6 is 0 Å². The number of aromatic nitrogens is 1. The summed E-state index contributed by atoms with van der Waals surface area (Å²) >= 11 is 0. The predicted molar refractivity (Wildman–Crippen MR) is 66.3 cm³/mol. The Morgan fingerprint density at radius 3 is 2.59 bits per heavy atom. The van der Waals surface area contributed by atoms with Crippen molar-refractivity contribution >= 4 is 6.29 Å². The maximum absolute atomic E-state index is 10.7. The Hall–Kier alpha value is -1.38. The van der Waals surface area contributed by atoms with Gasteiger partial charge in [0.05, 0.1) is 7.11 Å². The number of hydrogen-bond donors (Lipinski definition) is 0. The summed E-state index contributed by atoms with van der Waals surface area (Å²) in [4.78, 5) is 15.0. The molecule has 2 rings (SSSR count). The van der Waals surface area contributed by atoms with Crippen molar-refractivity contribution in [2.24, 2.45) is 5.92 Å². The molecule has 0 aromatic carbocycles. The molecular formula is C14H19NO2. The molecule has 92 valence electrons. The van der Waals surface area contributed by atoms with Gasteiger partial charge in [-0.05, 0) is 50.2 Å². The van der Waals surface area contributed by atoms with Crippen molar-refractivity contribution in [2.45, 2.75) is 38.5 Å². The Morgan fingerprint density at radius 2 is 2.06 bits per heavy atom. The Kier molecular flexibility index (Phi) is 3.77. The zero-order valence-corrected chi connectivity index (χ0v) is 10.5. The van der Waals surface area contributed by atoms with Gasteiger partial charge < -0.3 is 9.53 Å². The molecule has 0 radical (unpaired) electrons. The van der Waals surface area contributed by atoms with E-state index in [4.69, 9.17) is 4.74 Å². The first kappa shape index (κ1) is 12.1. The predicted octanol–water partition coefficient (Wildman–Crippen LogP) is 2.87. The van der Waals surface area contributed by atoms with Crippen molar-refractivity contribution in [3.8, 4) is 5.88 Å². The topological polar surface area (TPSA) is 39.2 Å². The molecule has 0 atom stereocenters. The van der Waals surface area contributed by atoms with Crippen molar-refractivity contribution < 1.29 is 9.53 Å². The summed E-state index contributed by atoms with van der Waals surface area (Å²) in [5.41, 5.74) is 2.37. The van der Waals surface area contributed by atoms with E-state index in [2.05, 4.69) is 11.1 Å². The molecule has 3 heteroatoms. The average Bonchev–Trinajstić information content (AvgIpc) is 2.39. The van der Waals surface area contributed by atoms with Crippen molar-refractivity contribution in [1.82, 2.24) is 4.98 Å². The van der Waals surface area contributed by atoms with Crippen LogP contribution in [0.3, 0.4) is 0 Å². The number of carbonyl (C=O) groups excluding carboxylic acids is 1. The fourth-order valence-electron chi connectivity index (χ4n) is 2.61. The van der Waals surface area contributed by atoms with Crippen LogP contribution in [0, 0.1) is 12.8 Å². The fraction of sp³-hybridized carbons (Fsp3) is 0.571. The number of aryl methyl sites for hydroxylation is 1. The minimum absolute atomic E-state index is 0.276. The van der Waals surface area contributed by atoms with Crippen LogP contribution in [0.25, 0.3) is 0 Å². The number of nitrogens with zero attached hydrogens (tertiary/aromatic N) is 1. The molecule has 0 saturated heterocycles. The zero-order valence-electron chi connectivity index (χ0n) is 10.5. The van der Waals surface area contributed by atoms with E-state index in [1.807, 2.05) is 13.1 Å². The van der Waals surface area contributed by atoms with E-state index < -0.39 is 0 Å². The quantitative estimate of drug-likeness (QED) is 0.753. The summed E-state index contributed by atoms with van der Waals surface area (Å²) < 4.78 is 5.16. The average molecular weight is 233 g/mol. The highest BCUT2D eigenvalue weighted by atomic mass is 16.5. The van der Waals surface area contributed by atoms with E-state index in [1.165, 1.54) is 5.56 Å². The molecule has 1 aliphatic carbocycles. The lowest BCUT2D eigenvalue weighted by Gasteiger charge is -2.25. The van der Waals surface area contributed by atoms with Gasteiger partial charge in [-0.15, -0.1) is 0 Å². The Bertz CT molecular complexity index is 395. The Morgan fingerprint density at radius 1 is 1.35 bits per heavy atom. The third-order valence-corrected chi connectivity index (χ3v) is 3.68. The lowest BCUT2D eigenvalue weighted by molar-refractivity contribution is -0.111. The molecule has 1 fully saturated rings. The molecule has 3 nitrogen and oxygen atoms in total. The summed E-state index contributed by atoms with van der Waals surface area (Å²) in [6.07, 6.45) is 7.23. The lowest BCUT2D eigenvalue weighted by atomic mass is 9.79. The molecule has 17 heavy (non-hydrogen) atoms. The first-order valence-electron chi connectivity index (χ1n) is 6.20. The van der Waals surface area contributed by atoms with E-state index in [0.29, 0.717) is 11.8 Å². The molecule has 1 saturated carbocycles. The minimum atomic E-state index is 0.276. The van der Waals surface area contributed by atoms with Gasteiger partial charge in [-0.2, -0.15) is 0 Å². The smallest absolute Gasteiger partial charge is 0.215 e. The number of hydrogen-bond acceptors (Lipinski definition) is 3. The van der Waals surface area contributed by atoms with E-state index in [9.17, 15) is 4.79 Å². The number of carbonyl (C=O) groups is 1. The largest absolute Gasteiger partial charge is 0.481 e. The molecule has 1 aromatic rings. The third kappa shape index (κ3) is 2.65. The zero-order chi connectivity index (χ0) is 12.3. The van der Waals surface area contributed by atoms with Gasteiger partial charge in [-0.3, -0.25) is 0 Å². The summed E-state index contributed by atoms with van der Waals surface area (Å²) in [6, 6.07) is 2.16. The normalized spacial score (nSPS) is 24.4. The van der Waals surface area contributed by atoms with Crippen LogP contribution in [-0.2, 0) is 4.79 Å². The van der Waals surface area contributed by atoms with Crippen molar-refractivity contribution in [1.29, 1.82) is 0 Å². The second-order valence-electron chi connectivity index (χ2n) is 4.84. The molecule has 0 unspecified atom stereocenters. The van der Waals surface area contributed by atoms with E-state index in [-0.39, 0.29) is 5.92 Å².